The Morgan fingerprint density at radius 3 is 1.65 bits per heavy atom. The summed E-state index contributed by atoms with van der Waals surface area (Å²) in [5, 5.41) is 0. The molecule has 23 heavy (non-hydrogen) atoms. The van der Waals surface area contributed by atoms with Gasteiger partial charge < -0.3 is 30.3 Å². The van der Waals surface area contributed by atoms with Crippen LogP contribution in [-0.2, 0) is 17.1 Å². The van der Waals surface area contributed by atoms with Crippen LogP contribution in [0.3, 0.4) is 0 Å². The number of hydrogen-bond donors (Lipinski definition) is 0. The summed E-state index contributed by atoms with van der Waals surface area (Å²) in [6, 6.07) is 37.6. The van der Waals surface area contributed by atoms with E-state index in [9.17, 15) is 0 Å². The summed E-state index contributed by atoms with van der Waals surface area (Å²) in [5.74, 6) is 0. The van der Waals surface area contributed by atoms with Gasteiger partial charge in [0.1, 0.15) is 0 Å². The van der Waals surface area contributed by atoms with E-state index in [-0.39, 0.29) is 17.1 Å². The fourth-order valence-corrected chi connectivity index (χ4v) is 2.38. The van der Waals surface area contributed by atoms with E-state index in [1.54, 1.807) is 0 Å². The van der Waals surface area contributed by atoms with E-state index < -0.39 is 0 Å². The van der Waals surface area contributed by atoms with Crippen LogP contribution in [0.4, 0.5) is 0 Å². The Balaban J connectivity index is 0.000000276. The van der Waals surface area contributed by atoms with Crippen molar-refractivity contribution in [2.45, 2.75) is 0 Å². The molecule has 0 amide bonds. The van der Waals surface area contributed by atoms with Crippen molar-refractivity contribution in [1.29, 1.82) is 0 Å². The number of benzene rings is 2. The van der Waals surface area contributed by atoms with Gasteiger partial charge in [-0.2, -0.15) is 0 Å². The molecular weight excluding hydrogens is 320 g/mol. The maximum absolute atomic E-state index is 2.24. The van der Waals surface area contributed by atoms with E-state index in [1.807, 2.05) is 42.5 Å². The van der Waals surface area contributed by atoms with E-state index in [0.29, 0.717) is 0 Å². The van der Waals surface area contributed by atoms with Crippen LogP contribution in [0.1, 0.15) is 0 Å². The molecule has 0 bridgehead atoms. The van der Waals surface area contributed by atoms with Crippen LogP contribution < -0.4 is 0 Å². The summed E-state index contributed by atoms with van der Waals surface area (Å²) in [6.07, 6.45) is 0. The molecule has 1 heteroatoms. The number of hydrogen-bond acceptors (Lipinski definition) is 0. The molecule has 0 unspecified atom stereocenters. The van der Waals surface area contributed by atoms with Crippen molar-refractivity contribution < 1.29 is 17.1 Å². The maximum atomic E-state index is 2.24. The third-order valence-corrected chi connectivity index (χ3v) is 3.52. The molecular formula is C22H18Fe-6. The minimum Gasteiger partial charge on any atom is -0.748 e. The summed E-state index contributed by atoms with van der Waals surface area (Å²) >= 11 is 0. The topological polar surface area (TPSA) is 0 Å². The normalized spacial score (nSPS) is 9.39. The average molecular weight is 338 g/mol. The first kappa shape index (κ1) is 17.0. The van der Waals surface area contributed by atoms with E-state index >= 15 is 0 Å². The maximum Gasteiger partial charge on any atom is 0 e. The Morgan fingerprint density at radius 1 is 0.565 bits per heavy atom. The zero-order valence-corrected chi connectivity index (χ0v) is 13.9. The van der Waals surface area contributed by atoms with Gasteiger partial charge in [0.15, 0.2) is 0 Å². The van der Waals surface area contributed by atoms with Crippen molar-refractivity contribution in [2.24, 2.45) is 0 Å². The molecule has 0 N–H and O–H groups in total. The van der Waals surface area contributed by atoms with E-state index in [2.05, 4.69) is 66.7 Å². The van der Waals surface area contributed by atoms with Crippen molar-refractivity contribution in [3.05, 3.63) is 109 Å². The van der Waals surface area contributed by atoms with Crippen molar-refractivity contribution in [3.63, 3.8) is 0 Å². The Hall–Kier alpha value is -2.34. The summed E-state index contributed by atoms with van der Waals surface area (Å²) in [7, 11) is 0. The second-order valence-electron chi connectivity index (χ2n) is 5.08. The smallest absolute Gasteiger partial charge is 0 e. The molecule has 0 aliphatic heterocycles. The molecule has 0 spiro atoms. The van der Waals surface area contributed by atoms with Crippen molar-refractivity contribution in [1.82, 2.24) is 0 Å². The van der Waals surface area contributed by atoms with Gasteiger partial charge in [0, 0.05) is 17.1 Å². The van der Waals surface area contributed by atoms with Crippen LogP contribution in [0.5, 0.6) is 0 Å². The van der Waals surface area contributed by atoms with Gasteiger partial charge in [-0.1, -0.05) is 59.7 Å². The minimum absolute atomic E-state index is 0. The fourth-order valence-electron chi connectivity index (χ4n) is 2.38. The van der Waals surface area contributed by atoms with Gasteiger partial charge in [-0.3, -0.25) is 0 Å². The summed E-state index contributed by atoms with van der Waals surface area (Å²) in [4.78, 5) is 0. The molecule has 0 aliphatic carbocycles. The van der Waals surface area contributed by atoms with Crippen molar-refractivity contribution in [3.8, 4) is 22.3 Å². The van der Waals surface area contributed by atoms with Crippen LogP contribution in [0.15, 0.2) is 109 Å². The van der Waals surface area contributed by atoms with Gasteiger partial charge in [-0.25, -0.2) is 0 Å². The predicted molar refractivity (Wildman–Crippen MR) is 94.9 cm³/mol. The largest absolute Gasteiger partial charge is 0.748 e. The molecule has 0 saturated carbocycles. The van der Waals surface area contributed by atoms with E-state index in [4.69, 9.17) is 0 Å². The third kappa shape index (κ3) is 4.82. The monoisotopic (exact) mass is 338 g/mol. The second kappa shape index (κ2) is 8.95. The fraction of sp³-hybridized carbons (Fsp3) is 0. The van der Waals surface area contributed by atoms with Gasteiger partial charge in [0.25, 0.3) is 0 Å². The first-order valence-electron chi connectivity index (χ1n) is 7.48. The molecule has 0 aliphatic rings. The van der Waals surface area contributed by atoms with Gasteiger partial charge in [-0.15, -0.1) is 41.5 Å². The van der Waals surface area contributed by atoms with Gasteiger partial charge in [-0.05, 0) is 0 Å². The van der Waals surface area contributed by atoms with Crippen molar-refractivity contribution in [2.75, 3.05) is 0 Å². The number of rotatable bonds is 2. The van der Waals surface area contributed by atoms with Crippen LogP contribution in [0.25, 0.3) is 22.3 Å². The second-order valence-corrected chi connectivity index (χ2v) is 5.08. The molecule has 0 aromatic heterocycles. The molecule has 4 rings (SSSR count). The SMILES string of the molecule is [Fe].[cH-]1[cH-][cH-][cH-][cH-]1.c1ccc(-c2cc[c-](-c3ccccc3)c2)cc1. The Morgan fingerprint density at radius 2 is 1.09 bits per heavy atom. The Kier molecular flexibility index (Phi) is 6.62. The van der Waals surface area contributed by atoms with Gasteiger partial charge in [0.2, 0.25) is 0 Å². The molecule has 0 atom stereocenters. The van der Waals surface area contributed by atoms with Crippen LogP contribution in [-0.4, -0.2) is 0 Å². The van der Waals surface area contributed by atoms with Crippen LogP contribution >= 0.6 is 0 Å². The molecule has 0 nitrogen and oxygen atoms in total. The Labute approximate surface area is 148 Å². The summed E-state index contributed by atoms with van der Waals surface area (Å²) in [6.45, 7) is 0. The molecule has 120 valence electrons. The van der Waals surface area contributed by atoms with E-state index in [1.165, 1.54) is 22.3 Å². The zero-order valence-electron chi connectivity index (χ0n) is 12.7. The predicted octanol–water partition coefficient (Wildman–Crippen LogP) is 6.14. The summed E-state index contributed by atoms with van der Waals surface area (Å²) < 4.78 is 0. The molecule has 4 aromatic rings. The first-order valence-corrected chi connectivity index (χ1v) is 7.48. The van der Waals surface area contributed by atoms with Gasteiger partial charge >= 0.3 is 0 Å². The first-order chi connectivity index (χ1) is 10.9. The molecule has 0 heterocycles. The molecule has 0 saturated heterocycles. The average Bonchev–Trinajstić information content (AvgIpc) is 3.31. The zero-order chi connectivity index (χ0) is 15.0. The molecule has 4 aromatic carbocycles. The van der Waals surface area contributed by atoms with Crippen molar-refractivity contribution >= 4 is 0 Å². The van der Waals surface area contributed by atoms with Gasteiger partial charge in [0.05, 0.1) is 0 Å². The quantitative estimate of drug-likeness (QED) is 0.304. The molecule has 0 fully saturated rings. The Bertz CT molecular complexity index is 694. The van der Waals surface area contributed by atoms with Crippen LogP contribution in [0, 0.1) is 0 Å². The minimum atomic E-state index is 0. The summed E-state index contributed by atoms with van der Waals surface area (Å²) in [5.41, 5.74) is 5.11. The molecule has 0 radical (unpaired) electrons. The third-order valence-electron chi connectivity index (χ3n) is 3.52. The van der Waals surface area contributed by atoms with Crippen LogP contribution in [0.2, 0.25) is 0 Å². The van der Waals surface area contributed by atoms with E-state index in [0.717, 1.165) is 0 Å². The standard InChI is InChI=1S/C17H13.C5H5.Fe/c1-3-7-14(8-4-1)16-11-12-17(13-16)15-9-5-2-6-10-15;1-2-4-5-3-1;/h1-13H;1-5H;/q-1;-5;.